The highest BCUT2D eigenvalue weighted by atomic mass is 19.1. The number of hydrogen-bond acceptors (Lipinski definition) is 2. The lowest BCUT2D eigenvalue weighted by atomic mass is 10.0. The van der Waals surface area contributed by atoms with Crippen molar-refractivity contribution in [2.75, 3.05) is 14.1 Å². The van der Waals surface area contributed by atoms with E-state index in [1.54, 1.807) is 20.2 Å². The number of nitrogens with zero attached hydrogens (tertiary/aromatic N) is 2. The van der Waals surface area contributed by atoms with Crippen LogP contribution in [-0.4, -0.2) is 29.9 Å². The Morgan fingerprint density at radius 2 is 2.00 bits per heavy atom. The molecular formula is C11H15FN2O. The summed E-state index contributed by atoms with van der Waals surface area (Å²) in [5, 5.41) is 0. The fourth-order valence-electron chi connectivity index (χ4n) is 1.19. The number of carbonyl (C=O) groups is 1. The predicted molar refractivity (Wildman–Crippen MR) is 56.3 cm³/mol. The molecule has 1 aromatic rings. The summed E-state index contributed by atoms with van der Waals surface area (Å²) >= 11 is 0. The van der Waals surface area contributed by atoms with Crippen molar-refractivity contribution in [3.8, 4) is 0 Å². The number of aromatic nitrogens is 1. The molecule has 0 N–H and O–H groups in total. The van der Waals surface area contributed by atoms with Crippen molar-refractivity contribution in [1.82, 2.24) is 9.88 Å². The number of amides is 1. The SMILES string of the molecule is CC(C)c1cc(F)nc(C(=O)N(C)C)c1. The lowest BCUT2D eigenvalue weighted by molar-refractivity contribution is 0.0820. The Hall–Kier alpha value is -1.45. The number of carbonyl (C=O) groups excluding carboxylic acids is 1. The van der Waals surface area contributed by atoms with Crippen molar-refractivity contribution in [3.05, 3.63) is 29.3 Å². The van der Waals surface area contributed by atoms with Gasteiger partial charge in [-0.3, -0.25) is 4.79 Å². The van der Waals surface area contributed by atoms with Crippen LogP contribution in [0.1, 0.15) is 35.8 Å². The molecule has 0 aliphatic rings. The monoisotopic (exact) mass is 210 g/mol. The maximum atomic E-state index is 13.1. The van der Waals surface area contributed by atoms with E-state index < -0.39 is 5.95 Å². The van der Waals surface area contributed by atoms with Crippen molar-refractivity contribution in [2.45, 2.75) is 19.8 Å². The molecule has 4 heteroatoms. The molecule has 0 spiro atoms. The first-order chi connectivity index (χ1) is 6.91. The molecule has 0 saturated heterocycles. The molecule has 0 unspecified atom stereocenters. The minimum absolute atomic E-state index is 0.156. The number of halogens is 1. The summed E-state index contributed by atoms with van der Waals surface area (Å²) in [6.07, 6.45) is 0. The molecule has 0 aliphatic heterocycles. The van der Waals surface area contributed by atoms with Crippen molar-refractivity contribution in [3.63, 3.8) is 0 Å². The Morgan fingerprint density at radius 1 is 1.40 bits per heavy atom. The highest BCUT2D eigenvalue weighted by molar-refractivity contribution is 5.92. The van der Waals surface area contributed by atoms with Crippen molar-refractivity contribution >= 4 is 5.91 Å². The van der Waals surface area contributed by atoms with Crippen LogP contribution >= 0.6 is 0 Å². The van der Waals surface area contributed by atoms with Crippen molar-refractivity contribution in [2.24, 2.45) is 0 Å². The zero-order chi connectivity index (χ0) is 11.6. The van der Waals surface area contributed by atoms with Crippen LogP contribution in [0.5, 0.6) is 0 Å². The Labute approximate surface area is 88.9 Å². The molecule has 15 heavy (non-hydrogen) atoms. The standard InChI is InChI=1S/C11H15FN2O/c1-7(2)8-5-9(11(15)14(3)4)13-10(12)6-8/h5-7H,1-4H3. The Kier molecular flexibility index (Phi) is 3.39. The summed E-state index contributed by atoms with van der Waals surface area (Å²) in [7, 11) is 3.23. The number of pyridine rings is 1. The number of rotatable bonds is 2. The first kappa shape index (κ1) is 11.6. The van der Waals surface area contributed by atoms with Crippen molar-refractivity contribution < 1.29 is 9.18 Å². The molecule has 0 fully saturated rings. The molecule has 0 aliphatic carbocycles. The molecule has 0 bridgehead atoms. The van der Waals surface area contributed by atoms with Gasteiger partial charge < -0.3 is 4.90 Å². The maximum absolute atomic E-state index is 13.1. The van der Waals surface area contributed by atoms with Crippen LogP contribution in [0.3, 0.4) is 0 Å². The first-order valence-electron chi connectivity index (χ1n) is 4.81. The van der Waals surface area contributed by atoms with E-state index in [0.29, 0.717) is 0 Å². The number of hydrogen-bond donors (Lipinski definition) is 0. The zero-order valence-corrected chi connectivity index (χ0v) is 9.41. The van der Waals surface area contributed by atoms with Gasteiger partial charge in [0.05, 0.1) is 0 Å². The molecule has 82 valence electrons. The molecule has 1 amide bonds. The van der Waals surface area contributed by atoms with E-state index in [9.17, 15) is 9.18 Å². The normalized spacial score (nSPS) is 10.5. The van der Waals surface area contributed by atoms with Crippen LogP contribution < -0.4 is 0 Å². The molecule has 0 atom stereocenters. The minimum atomic E-state index is -0.605. The highest BCUT2D eigenvalue weighted by Crippen LogP contribution is 2.16. The summed E-state index contributed by atoms with van der Waals surface area (Å²) in [5.41, 5.74) is 0.941. The van der Waals surface area contributed by atoms with Gasteiger partial charge in [-0.2, -0.15) is 4.39 Å². The third kappa shape index (κ3) is 2.75. The first-order valence-corrected chi connectivity index (χ1v) is 4.81. The molecule has 1 rings (SSSR count). The smallest absolute Gasteiger partial charge is 0.272 e. The second-order valence-corrected chi connectivity index (χ2v) is 3.96. The largest absolute Gasteiger partial charge is 0.343 e. The van der Waals surface area contributed by atoms with Crippen molar-refractivity contribution in [1.29, 1.82) is 0 Å². The van der Waals surface area contributed by atoms with Crippen LogP contribution in [0.2, 0.25) is 0 Å². The van der Waals surface area contributed by atoms with Gasteiger partial charge in [0.15, 0.2) is 0 Å². The van der Waals surface area contributed by atoms with Gasteiger partial charge in [-0.15, -0.1) is 0 Å². The fraction of sp³-hybridized carbons (Fsp3) is 0.455. The van der Waals surface area contributed by atoms with Crippen LogP contribution in [0.15, 0.2) is 12.1 Å². The Morgan fingerprint density at radius 3 is 2.47 bits per heavy atom. The van der Waals surface area contributed by atoms with Gasteiger partial charge in [-0.05, 0) is 23.6 Å². The quantitative estimate of drug-likeness (QED) is 0.700. The molecule has 0 saturated carbocycles. The van der Waals surface area contributed by atoms with E-state index in [1.807, 2.05) is 13.8 Å². The van der Waals surface area contributed by atoms with E-state index in [2.05, 4.69) is 4.98 Å². The summed E-state index contributed by atoms with van der Waals surface area (Å²) in [6.45, 7) is 3.89. The second-order valence-electron chi connectivity index (χ2n) is 3.96. The van der Waals surface area contributed by atoms with Crippen LogP contribution in [0.25, 0.3) is 0 Å². The van der Waals surface area contributed by atoms with Gasteiger partial charge >= 0.3 is 0 Å². The van der Waals surface area contributed by atoms with Crippen LogP contribution in [0.4, 0.5) is 4.39 Å². The van der Waals surface area contributed by atoms with Gasteiger partial charge in [-0.1, -0.05) is 13.8 Å². The van der Waals surface area contributed by atoms with E-state index in [4.69, 9.17) is 0 Å². The summed E-state index contributed by atoms with van der Waals surface area (Å²) in [5.74, 6) is -0.709. The summed E-state index contributed by atoms with van der Waals surface area (Å²) < 4.78 is 13.1. The van der Waals surface area contributed by atoms with Gasteiger partial charge in [0.2, 0.25) is 5.95 Å². The predicted octanol–water partition coefficient (Wildman–Crippen LogP) is 2.05. The van der Waals surface area contributed by atoms with E-state index in [1.165, 1.54) is 11.0 Å². The van der Waals surface area contributed by atoms with E-state index >= 15 is 0 Å². The van der Waals surface area contributed by atoms with Gasteiger partial charge in [0, 0.05) is 14.1 Å². The second kappa shape index (κ2) is 4.38. The molecule has 3 nitrogen and oxygen atoms in total. The minimum Gasteiger partial charge on any atom is -0.343 e. The average molecular weight is 210 g/mol. The molecular weight excluding hydrogens is 195 g/mol. The van der Waals surface area contributed by atoms with Crippen LogP contribution in [-0.2, 0) is 0 Å². The lowest BCUT2D eigenvalue weighted by Crippen LogP contribution is -2.23. The van der Waals surface area contributed by atoms with E-state index in [-0.39, 0.29) is 17.5 Å². The van der Waals surface area contributed by atoms with Gasteiger partial charge in [-0.25, -0.2) is 4.98 Å². The third-order valence-electron chi connectivity index (χ3n) is 2.11. The highest BCUT2D eigenvalue weighted by Gasteiger charge is 2.13. The third-order valence-corrected chi connectivity index (χ3v) is 2.11. The van der Waals surface area contributed by atoms with E-state index in [0.717, 1.165) is 5.56 Å². The molecule has 1 aromatic heterocycles. The topological polar surface area (TPSA) is 33.2 Å². The maximum Gasteiger partial charge on any atom is 0.272 e. The molecule has 0 radical (unpaired) electrons. The Balaban J connectivity index is 3.14. The average Bonchev–Trinajstić information content (AvgIpc) is 2.15. The lowest BCUT2D eigenvalue weighted by Gasteiger charge is -2.11. The van der Waals surface area contributed by atoms with Gasteiger partial charge in [0.1, 0.15) is 5.69 Å². The van der Waals surface area contributed by atoms with Crippen LogP contribution in [0, 0.1) is 5.95 Å². The van der Waals surface area contributed by atoms with Gasteiger partial charge in [0.25, 0.3) is 5.91 Å². The summed E-state index contributed by atoms with van der Waals surface area (Å²) in [6, 6.07) is 2.99. The zero-order valence-electron chi connectivity index (χ0n) is 9.41. The fourth-order valence-corrected chi connectivity index (χ4v) is 1.19. The molecule has 0 aromatic carbocycles. The Bertz CT molecular complexity index is 375. The molecule has 1 heterocycles. The summed E-state index contributed by atoms with van der Waals surface area (Å²) in [4.78, 5) is 16.5.